The number of piperazine rings is 1. The largest absolute Gasteiger partial charge is 0.333 e. The number of fused-ring (bicyclic) bond motifs is 1. The number of aromatic nitrogens is 3. The zero-order valence-corrected chi connectivity index (χ0v) is 18.3. The summed E-state index contributed by atoms with van der Waals surface area (Å²) in [5.41, 5.74) is 2.45. The summed E-state index contributed by atoms with van der Waals surface area (Å²) in [6.45, 7) is 5.90. The van der Waals surface area contributed by atoms with Gasteiger partial charge in [0.05, 0.1) is 22.2 Å². The summed E-state index contributed by atoms with van der Waals surface area (Å²) in [6.07, 6.45) is 3.35. The van der Waals surface area contributed by atoms with E-state index in [-0.39, 0.29) is 36.5 Å². The maximum Gasteiger partial charge on any atom is 0.259 e. The molecule has 4 rings (SSSR count). The highest BCUT2D eigenvalue weighted by molar-refractivity contribution is 7.89. The van der Waals surface area contributed by atoms with Gasteiger partial charge >= 0.3 is 0 Å². The van der Waals surface area contributed by atoms with Crippen LogP contribution in [0.25, 0.3) is 5.65 Å². The summed E-state index contributed by atoms with van der Waals surface area (Å²) >= 11 is 0. The molecule has 0 spiro atoms. The lowest BCUT2D eigenvalue weighted by Crippen LogP contribution is -2.55. The molecule has 1 unspecified atom stereocenters. The molecule has 1 saturated heterocycles. The zero-order valence-electron chi connectivity index (χ0n) is 17.5. The number of hydrogen-bond acceptors (Lipinski definition) is 6. The molecule has 2 aromatic heterocycles. The Labute approximate surface area is 180 Å². The fourth-order valence-electron chi connectivity index (χ4n) is 3.98. The van der Waals surface area contributed by atoms with Crippen molar-refractivity contribution in [1.29, 1.82) is 5.26 Å². The van der Waals surface area contributed by atoms with Crippen molar-refractivity contribution in [2.75, 3.05) is 19.6 Å². The number of hydrogen-bond donors (Lipinski definition) is 0. The zero-order chi connectivity index (χ0) is 22.3. The van der Waals surface area contributed by atoms with Crippen LogP contribution in [0.4, 0.5) is 0 Å². The predicted octanol–water partition coefficient (Wildman–Crippen LogP) is 1.75. The van der Waals surface area contributed by atoms with Gasteiger partial charge in [-0.25, -0.2) is 17.9 Å². The van der Waals surface area contributed by atoms with Crippen LogP contribution in [0.15, 0.2) is 41.6 Å². The average molecular weight is 439 g/mol. The van der Waals surface area contributed by atoms with Crippen LogP contribution in [0.3, 0.4) is 0 Å². The maximum absolute atomic E-state index is 13.3. The minimum absolute atomic E-state index is 0.180. The number of sulfonamides is 1. The predicted molar refractivity (Wildman–Crippen MR) is 113 cm³/mol. The number of rotatable bonds is 3. The second-order valence-corrected chi connectivity index (χ2v) is 9.56. The first-order valence-electron chi connectivity index (χ1n) is 9.86. The number of nitrogens with zero attached hydrogens (tertiary/aromatic N) is 6. The quantitative estimate of drug-likeness (QED) is 0.616. The maximum atomic E-state index is 13.3. The van der Waals surface area contributed by atoms with E-state index >= 15 is 0 Å². The molecule has 1 aromatic carbocycles. The fraction of sp³-hybridized carbons (Fsp3) is 0.333. The van der Waals surface area contributed by atoms with Crippen molar-refractivity contribution in [3.8, 4) is 6.07 Å². The second-order valence-electron chi connectivity index (χ2n) is 7.65. The van der Waals surface area contributed by atoms with E-state index in [1.807, 2.05) is 13.0 Å². The van der Waals surface area contributed by atoms with Crippen molar-refractivity contribution < 1.29 is 13.2 Å². The van der Waals surface area contributed by atoms with E-state index in [0.29, 0.717) is 28.0 Å². The first kappa shape index (κ1) is 21.0. The number of aryl methyl sites for hydroxylation is 2. The van der Waals surface area contributed by atoms with Gasteiger partial charge in [-0.1, -0.05) is 0 Å². The third kappa shape index (κ3) is 3.56. The van der Waals surface area contributed by atoms with Crippen LogP contribution >= 0.6 is 0 Å². The smallest absolute Gasteiger partial charge is 0.259 e. The molecule has 0 N–H and O–H groups in total. The molecule has 1 aliphatic rings. The van der Waals surface area contributed by atoms with Gasteiger partial charge in [-0.15, -0.1) is 0 Å². The highest BCUT2D eigenvalue weighted by Gasteiger charge is 2.36. The molecule has 1 aliphatic heterocycles. The van der Waals surface area contributed by atoms with Crippen molar-refractivity contribution in [3.63, 3.8) is 0 Å². The van der Waals surface area contributed by atoms with E-state index in [1.165, 1.54) is 16.4 Å². The molecular weight excluding hydrogens is 416 g/mol. The van der Waals surface area contributed by atoms with Gasteiger partial charge in [0.1, 0.15) is 5.56 Å². The Morgan fingerprint density at radius 3 is 2.71 bits per heavy atom. The monoisotopic (exact) mass is 438 g/mol. The number of nitriles is 1. The lowest BCUT2D eigenvalue weighted by Gasteiger charge is -2.39. The van der Waals surface area contributed by atoms with Gasteiger partial charge in [0.25, 0.3) is 5.91 Å². The van der Waals surface area contributed by atoms with Crippen molar-refractivity contribution in [3.05, 3.63) is 59.0 Å². The number of benzene rings is 1. The summed E-state index contributed by atoms with van der Waals surface area (Å²) in [4.78, 5) is 19.4. The van der Waals surface area contributed by atoms with Crippen molar-refractivity contribution in [1.82, 2.24) is 23.8 Å². The van der Waals surface area contributed by atoms with Gasteiger partial charge in [0.2, 0.25) is 10.0 Å². The van der Waals surface area contributed by atoms with E-state index < -0.39 is 10.0 Å². The summed E-state index contributed by atoms with van der Waals surface area (Å²) in [5, 5.41) is 13.4. The molecule has 0 aliphatic carbocycles. The number of carbonyl (C=O) groups is 1. The number of carbonyl (C=O) groups excluding carboxylic acids is 1. The lowest BCUT2D eigenvalue weighted by molar-refractivity contribution is 0.0592. The molecule has 31 heavy (non-hydrogen) atoms. The van der Waals surface area contributed by atoms with Crippen LogP contribution in [-0.2, 0) is 10.0 Å². The average Bonchev–Trinajstić information content (AvgIpc) is 3.08. The highest BCUT2D eigenvalue weighted by atomic mass is 32.2. The Morgan fingerprint density at radius 2 is 2.03 bits per heavy atom. The third-order valence-electron chi connectivity index (χ3n) is 5.56. The molecule has 1 fully saturated rings. The van der Waals surface area contributed by atoms with Gasteiger partial charge < -0.3 is 4.90 Å². The summed E-state index contributed by atoms with van der Waals surface area (Å²) < 4.78 is 29.4. The van der Waals surface area contributed by atoms with Gasteiger partial charge in [0.15, 0.2) is 5.65 Å². The van der Waals surface area contributed by atoms with Crippen LogP contribution in [0.1, 0.15) is 34.1 Å². The Kier molecular flexibility index (Phi) is 5.24. The van der Waals surface area contributed by atoms with Crippen LogP contribution in [-0.4, -0.2) is 63.8 Å². The molecule has 3 aromatic rings. The SMILES string of the molecule is Cc1cc(C#N)ccc1S(=O)(=O)N1CCN(C(=O)c2c(C)nn3cccnc23)C(C)C1. The third-order valence-corrected chi connectivity index (χ3v) is 7.58. The summed E-state index contributed by atoms with van der Waals surface area (Å²) in [7, 11) is -3.74. The van der Waals surface area contributed by atoms with Gasteiger partial charge in [-0.2, -0.15) is 14.7 Å². The first-order valence-corrected chi connectivity index (χ1v) is 11.3. The van der Waals surface area contributed by atoms with Crippen molar-refractivity contribution >= 4 is 21.6 Å². The molecule has 0 bridgehead atoms. The second kappa shape index (κ2) is 7.76. The van der Waals surface area contributed by atoms with E-state index in [0.717, 1.165) is 0 Å². The van der Waals surface area contributed by atoms with E-state index in [4.69, 9.17) is 5.26 Å². The topological polar surface area (TPSA) is 112 Å². The van der Waals surface area contributed by atoms with Gasteiger partial charge in [0, 0.05) is 38.1 Å². The lowest BCUT2D eigenvalue weighted by atomic mass is 10.1. The Morgan fingerprint density at radius 1 is 1.26 bits per heavy atom. The van der Waals surface area contributed by atoms with Crippen LogP contribution in [0.2, 0.25) is 0 Å². The van der Waals surface area contributed by atoms with E-state index in [2.05, 4.69) is 10.1 Å². The van der Waals surface area contributed by atoms with Crippen LogP contribution in [0, 0.1) is 25.2 Å². The first-order chi connectivity index (χ1) is 14.7. The van der Waals surface area contributed by atoms with E-state index in [1.54, 1.807) is 47.8 Å². The molecule has 0 radical (unpaired) electrons. The minimum atomic E-state index is -3.74. The molecule has 160 valence electrons. The van der Waals surface area contributed by atoms with Gasteiger partial charge in [-0.05, 0) is 50.6 Å². The molecule has 1 amide bonds. The van der Waals surface area contributed by atoms with Crippen LogP contribution < -0.4 is 0 Å². The summed E-state index contributed by atoms with van der Waals surface area (Å²) in [6, 6.07) is 7.97. The van der Waals surface area contributed by atoms with Crippen LogP contribution in [0.5, 0.6) is 0 Å². The Hall–Kier alpha value is -3.29. The fourth-order valence-corrected chi connectivity index (χ4v) is 5.70. The minimum Gasteiger partial charge on any atom is -0.333 e. The molecule has 3 heterocycles. The molecule has 9 nitrogen and oxygen atoms in total. The van der Waals surface area contributed by atoms with Crippen molar-refractivity contribution in [2.24, 2.45) is 0 Å². The number of amides is 1. The standard InChI is InChI=1S/C21H22N6O3S/c1-14-11-17(12-22)5-6-18(14)31(29,30)25-9-10-26(15(2)13-25)21(28)19-16(3)24-27-8-4-7-23-20(19)27/h4-8,11,15H,9-10,13H2,1-3H3. The Bertz CT molecular complexity index is 1320. The normalized spacial score (nSPS) is 17.6. The highest BCUT2D eigenvalue weighted by Crippen LogP contribution is 2.25. The molecule has 10 heteroatoms. The molecule has 0 saturated carbocycles. The molecular formula is C21H22N6O3S. The van der Waals surface area contributed by atoms with E-state index in [9.17, 15) is 13.2 Å². The van der Waals surface area contributed by atoms with Gasteiger partial charge in [-0.3, -0.25) is 4.79 Å². The Balaban J connectivity index is 1.58. The molecule has 1 atom stereocenters. The summed E-state index contributed by atoms with van der Waals surface area (Å²) in [5.74, 6) is -0.203. The van der Waals surface area contributed by atoms with Crippen molar-refractivity contribution in [2.45, 2.75) is 31.7 Å².